The number of hydrogen-bond acceptors (Lipinski definition) is 4. The third-order valence-electron chi connectivity index (χ3n) is 3.86. The number of urea groups is 1. The van der Waals surface area contributed by atoms with E-state index < -0.39 is 23.6 Å². The molecule has 0 aliphatic carbocycles. The molecule has 2 N–H and O–H groups in total. The van der Waals surface area contributed by atoms with Crippen molar-refractivity contribution < 1.29 is 22.4 Å². The lowest BCUT2D eigenvalue weighted by molar-refractivity contribution is -0.139. The molecule has 146 valence electrons. The van der Waals surface area contributed by atoms with E-state index in [2.05, 4.69) is 20.8 Å². The topological polar surface area (TPSA) is 66.9 Å². The highest BCUT2D eigenvalue weighted by Gasteiger charge is 2.34. The second kappa shape index (κ2) is 7.93. The average Bonchev–Trinajstić information content (AvgIpc) is 3.10. The third kappa shape index (κ3) is 4.63. The number of alkyl halides is 3. The molecular formula is C18H14F4N4OS. The highest BCUT2D eigenvalue weighted by molar-refractivity contribution is 7.15. The van der Waals surface area contributed by atoms with Gasteiger partial charge in [0.05, 0.1) is 5.56 Å². The number of hydrogen-bond donors (Lipinski definition) is 2. The number of anilines is 2. The zero-order valence-corrected chi connectivity index (χ0v) is 15.2. The van der Waals surface area contributed by atoms with Gasteiger partial charge in [0.2, 0.25) is 5.13 Å². The summed E-state index contributed by atoms with van der Waals surface area (Å²) in [5.74, 6) is -1.45. The summed E-state index contributed by atoms with van der Waals surface area (Å²) in [6, 6.07) is 11.0. The predicted octanol–water partition coefficient (Wildman–Crippen LogP) is 5.49. The first kappa shape index (κ1) is 19.7. The van der Waals surface area contributed by atoms with Crippen molar-refractivity contribution in [1.29, 1.82) is 0 Å². The summed E-state index contributed by atoms with van der Waals surface area (Å²) in [5, 5.41) is 13.4. The van der Waals surface area contributed by atoms with Crippen LogP contribution in [0.25, 0.3) is 0 Å². The van der Waals surface area contributed by atoms with Gasteiger partial charge in [0.25, 0.3) is 0 Å². The van der Waals surface area contributed by atoms with Crippen LogP contribution in [0.1, 0.15) is 29.0 Å². The Hall–Kier alpha value is -3.01. The first-order chi connectivity index (χ1) is 13.2. The van der Waals surface area contributed by atoms with Gasteiger partial charge in [-0.2, -0.15) is 13.2 Å². The standard InChI is InChI=1S/C18H14F4N4OS/c1-10(11-5-3-2-4-6-11)15-25-26-17(28-15)24-16(27)23-12-7-8-14(19)13(9-12)18(20,21)22/h2-10H,1H3,(H2,23,24,26,27)/t10-/m1/s1. The van der Waals surface area contributed by atoms with Crippen molar-refractivity contribution in [2.45, 2.75) is 19.0 Å². The number of benzene rings is 2. The fourth-order valence-corrected chi connectivity index (χ4v) is 3.24. The Morgan fingerprint density at radius 2 is 1.79 bits per heavy atom. The van der Waals surface area contributed by atoms with Crippen LogP contribution in [0, 0.1) is 5.82 Å². The number of amides is 2. The quantitative estimate of drug-likeness (QED) is 0.559. The molecule has 1 atom stereocenters. The van der Waals surface area contributed by atoms with Crippen LogP contribution in [0.5, 0.6) is 0 Å². The second-order valence-electron chi connectivity index (χ2n) is 5.85. The van der Waals surface area contributed by atoms with Gasteiger partial charge in [-0.15, -0.1) is 10.2 Å². The fraction of sp³-hybridized carbons (Fsp3) is 0.167. The Morgan fingerprint density at radius 3 is 2.46 bits per heavy atom. The van der Waals surface area contributed by atoms with Gasteiger partial charge in [0.15, 0.2) is 0 Å². The van der Waals surface area contributed by atoms with Crippen LogP contribution in [0.15, 0.2) is 48.5 Å². The molecule has 3 aromatic rings. The number of aromatic nitrogens is 2. The lowest BCUT2D eigenvalue weighted by Crippen LogP contribution is -2.20. The van der Waals surface area contributed by atoms with E-state index in [1.807, 2.05) is 37.3 Å². The number of halogens is 4. The summed E-state index contributed by atoms with van der Waals surface area (Å²) in [6.45, 7) is 1.94. The Bertz CT molecular complexity index is 975. The van der Waals surface area contributed by atoms with E-state index in [-0.39, 0.29) is 16.7 Å². The first-order valence-electron chi connectivity index (χ1n) is 8.07. The molecule has 1 aromatic heterocycles. The number of carbonyl (C=O) groups is 1. The molecule has 0 saturated heterocycles. The van der Waals surface area contributed by atoms with Crippen LogP contribution in [0.2, 0.25) is 0 Å². The molecule has 0 spiro atoms. The van der Waals surface area contributed by atoms with E-state index in [0.717, 1.165) is 23.0 Å². The van der Waals surface area contributed by atoms with Crippen molar-refractivity contribution in [2.24, 2.45) is 0 Å². The highest BCUT2D eigenvalue weighted by Crippen LogP contribution is 2.33. The van der Waals surface area contributed by atoms with Crippen LogP contribution in [0.4, 0.5) is 33.2 Å². The van der Waals surface area contributed by atoms with E-state index in [1.165, 1.54) is 0 Å². The fourth-order valence-electron chi connectivity index (χ4n) is 2.42. The summed E-state index contributed by atoms with van der Waals surface area (Å²) in [6.07, 6.45) is -4.86. The number of nitrogens with zero attached hydrogens (tertiary/aromatic N) is 2. The largest absolute Gasteiger partial charge is 0.419 e. The van der Waals surface area contributed by atoms with E-state index in [9.17, 15) is 22.4 Å². The SMILES string of the molecule is C[C@H](c1ccccc1)c1nnc(NC(=O)Nc2ccc(F)c(C(F)(F)F)c2)s1. The summed E-state index contributed by atoms with van der Waals surface area (Å²) in [5.41, 5.74) is -0.630. The van der Waals surface area contributed by atoms with Crippen LogP contribution in [0.3, 0.4) is 0 Å². The molecule has 0 fully saturated rings. The van der Waals surface area contributed by atoms with E-state index in [4.69, 9.17) is 0 Å². The Morgan fingerprint density at radius 1 is 1.07 bits per heavy atom. The van der Waals surface area contributed by atoms with Crippen LogP contribution in [-0.2, 0) is 6.18 Å². The molecule has 5 nitrogen and oxygen atoms in total. The molecule has 0 radical (unpaired) electrons. The Balaban J connectivity index is 1.67. The first-order valence-corrected chi connectivity index (χ1v) is 8.89. The van der Waals surface area contributed by atoms with Crippen molar-refractivity contribution in [3.63, 3.8) is 0 Å². The maximum atomic E-state index is 13.3. The average molecular weight is 410 g/mol. The summed E-state index contributed by atoms with van der Waals surface area (Å²) < 4.78 is 51.5. The van der Waals surface area contributed by atoms with Crippen molar-refractivity contribution in [3.8, 4) is 0 Å². The molecule has 10 heteroatoms. The summed E-state index contributed by atoms with van der Waals surface area (Å²) in [7, 11) is 0. The molecule has 0 bridgehead atoms. The molecule has 1 heterocycles. The van der Waals surface area contributed by atoms with Crippen molar-refractivity contribution in [3.05, 3.63) is 70.5 Å². The third-order valence-corrected chi connectivity index (χ3v) is 4.88. The molecule has 0 aliphatic heterocycles. The number of rotatable bonds is 4. The monoisotopic (exact) mass is 410 g/mol. The molecular weight excluding hydrogens is 396 g/mol. The Labute approximate surface area is 161 Å². The van der Waals surface area contributed by atoms with E-state index in [0.29, 0.717) is 17.1 Å². The second-order valence-corrected chi connectivity index (χ2v) is 6.86. The maximum Gasteiger partial charge on any atom is 0.419 e. The molecule has 2 aromatic carbocycles. The maximum absolute atomic E-state index is 13.3. The minimum atomic E-state index is -4.86. The van der Waals surface area contributed by atoms with Gasteiger partial charge in [-0.1, -0.05) is 48.6 Å². The lowest BCUT2D eigenvalue weighted by Gasteiger charge is -2.11. The predicted molar refractivity (Wildman–Crippen MR) is 97.9 cm³/mol. The van der Waals surface area contributed by atoms with Gasteiger partial charge in [-0.25, -0.2) is 9.18 Å². The van der Waals surface area contributed by atoms with Crippen molar-refractivity contribution >= 4 is 28.2 Å². The van der Waals surface area contributed by atoms with Crippen LogP contribution < -0.4 is 10.6 Å². The van der Waals surface area contributed by atoms with E-state index in [1.54, 1.807) is 0 Å². The van der Waals surface area contributed by atoms with Gasteiger partial charge in [0, 0.05) is 11.6 Å². The normalized spacial score (nSPS) is 12.5. The minimum Gasteiger partial charge on any atom is -0.308 e. The molecule has 28 heavy (non-hydrogen) atoms. The minimum absolute atomic E-state index is 0.0382. The lowest BCUT2D eigenvalue weighted by atomic mass is 10.0. The van der Waals surface area contributed by atoms with Crippen molar-refractivity contribution in [1.82, 2.24) is 10.2 Å². The van der Waals surface area contributed by atoms with Crippen LogP contribution >= 0.6 is 11.3 Å². The molecule has 0 unspecified atom stereocenters. The molecule has 3 rings (SSSR count). The van der Waals surface area contributed by atoms with Gasteiger partial charge >= 0.3 is 12.2 Å². The van der Waals surface area contributed by atoms with Gasteiger partial charge in [-0.3, -0.25) is 5.32 Å². The molecule has 0 aliphatic rings. The smallest absolute Gasteiger partial charge is 0.308 e. The Kier molecular flexibility index (Phi) is 5.59. The number of carbonyl (C=O) groups excluding carboxylic acids is 1. The molecule has 2 amide bonds. The zero-order valence-electron chi connectivity index (χ0n) is 14.4. The molecule has 0 saturated carbocycles. The van der Waals surface area contributed by atoms with Gasteiger partial charge in [-0.05, 0) is 23.8 Å². The zero-order chi connectivity index (χ0) is 20.3. The van der Waals surface area contributed by atoms with Crippen molar-refractivity contribution in [2.75, 3.05) is 10.6 Å². The van der Waals surface area contributed by atoms with Crippen LogP contribution in [-0.4, -0.2) is 16.2 Å². The van der Waals surface area contributed by atoms with Gasteiger partial charge in [0.1, 0.15) is 10.8 Å². The summed E-state index contributed by atoms with van der Waals surface area (Å²) in [4.78, 5) is 12.0. The summed E-state index contributed by atoms with van der Waals surface area (Å²) >= 11 is 1.15. The van der Waals surface area contributed by atoms with E-state index >= 15 is 0 Å². The number of nitrogens with one attached hydrogen (secondary N) is 2. The van der Waals surface area contributed by atoms with Gasteiger partial charge < -0.3 is 5.32 Å². The highest BCUT2D eigenvalue weighted by atomic mass is 32.1.